The van der Waals surface area contributed by atoms with Gasteiger partial charge in [-0.1, -0.05) is 56.2 Å². The number of carbonyl (C=O) groups excluding carboxylic acids is 1. The number of nitrogens with zero attached hydrogens (tertiary/aromatic N) is 1. The highest BCUT2D eigenvalue weighted by atomic mass is 16.6. The van der Waals surface area contributed by atoms with Gasteiger partial charge in [-0.25, -0.2) is 4.79 Å². The molecule has 2 N–H and O–H groups in total. The highest BCUT2D eigenvalue weighted by Crippen LogP contribution is 2.44. The largest absolute Gasteiger partial charge is 0.494 e. The lowest BCUT2D eigenvalue weighted by Crippen LogP contribution is -2.22. The van der Waals surface area contributed by atoms with Crippen molar-refractivity contribution in [1.82, 2.24) is 0 Å². The number of para-hydroxylation sites is 1. The summed E-state index contributed by atoms with van der Waals surface area (Å²) in [6, 6.07) is 22.3. The van der Waals surface area contributed by atoms with E-state index in [2.05, 4.69) is 13.0 Å². The van der Waals surface area contributed by atoms with E-state index >= 15 is 0 Å². The van der Waals surface area contributed by atoms with E-state index in [0.717, 1.165) is 41.7 Å². The van der Waals surface area contributed by atoms with Crippen molar-refractivity contribution in [2.24, 2.45) is 5.73 Å². The molecule has 0 aliphatic carbocycles. The maximum absolute atomic E-state index is 12.4. The van der Waals surface area contributed by atoms with Gasteiger partial charge in [0, 0.05) is 11.6 Å². The van der Waals surface area contributed by atoms with Crippen LogP contribution in [0.15, 0.2) is 78.2 Å². The van der Waals surface area contributed by atoms with E-state index in [1.165, 1.54) is 0 Å². The third-order valence-corrected chi connectivity index (χ3v) is 6.07. The quantitative estimate of drug-likeness (QED) is 0.215. The number of hydrogen-bond acceptors (Lipinski definition) is 7. The standard InChI is InChI=1S/C30H30N2O5/c1-3-4-7-15-34-22-11-8-10-21(16-22)29-24-14-13-23(17-27(24)37-30(32)25(29)18-31)36-28(33)19-35-26-12-6-5-9-20(26)2/h5-6,8-14,16-17,29H,3-4,7,15,19,32H2,1-2H3. The summed E-state index contributed by atoms with van der Waals surface area (Å²) in [5.74, 6) is 1.08. The normalized spacial score (nSPS) is 14.2. The SMILES string of the molecule is CCCCCOc1cccc(C2C(C#N)=C(N)Oc3cc(OC(=O)COc4ccccc4C)ccc32)c1. The van der Waals surface area contributed by atoms with Crippen molar-refractivity contribution < 1.29 is 23.7 Å². The molecular weight excluding hydrogens is 468 g/mol. The van der Waals surface area contributed by atoms with Crippen molar-refractivity contribution >= 4 is 5.97 Å². The molecule has 1 unspecified atom stereocenters. The van der Waals surface area contributed by atoms with Gasteiger partial charge in [0.05, 0.1) is 12.5 Å². The minimum Gasteiger partial charge on any atom is -0.494 e. The van der Waals surface area contributed by atoms with Crippen LogP contribution in [0.3, 0.4) is 0 Å². The Balaban J connectivity index is 1.52. The summed E-state index contributed by atoms with van der Waals surface area (Å²) in [4.78, 5) is 12.4. The van der Waals surface area contributed by atoms with Crippen molar-refractivity contribution in [3.63, 3.8) is 0 Å². The van der Waals surface area contributed by atoms with Crippen LogP contribution in [0.1, 0.15) is 48.8 Å². The highest BCUT2D eigenvalue weighted by molar-refractivity contribution is 5.74. The van der Waals surface area contributed by atoms with Gasteiger partial charge in [0.1, 0.15) is 34.6 Å². The maximum Gasteiger partial charge on any atom is 0.349 e. The lowest BCUT2D eigenvalue weighted by atomic mass is 9.83. The lowest BCUT2D eigenvalue weighted by Gasteiger charge is -2.27. The Kier molecular flexibility index (Phi) is 8.32. The second-order valence-corrected chi connectivity index (χ2v) is 8.78. The number of allylic oxidation sites excluding steroid dienone is 1. The van der Waals surface area contributed by atoms with E-state index in [-0.39, 0.29) is 18.2 Å². The van der Waals surface area contributed by atoms with Crippen LogP contribution in [0, 0.1) is 18.3 Å². The van der Waals surface area contributed by atoms with Gasteiger partial charge in [0.15, 0.2) is 6.61 Å². The Bertz CT molecular complexity index is 1340. The first-order valence-electron chi connectivity index (χ1n) is 12.3. The van der Waals surface area contributed by atoms with Crippen LogP contribution in [-0.4, -0.2) is 19.2 Å². The summed E-state index contributed by atoms with van der Waals surface area (Å²) in [5, 5.41) is 9.85. The smallest absolute Gasteiger partial charge is 0.349 e. The molecule has 190 valence electrons. The van der Waals surface area contributed by atoms with Crippen LogP contribution < -0.4 is 24.7 Å². The molecule has 0 fully saturated rings. The number of aryl methyl sites for hydroxylation is 1. The molecule has 0 amide bonds. The first-order valence-corrected chi connectivity index (χ1v) is 12.3. The van der Waals surface area contributed by atoms with Crippen LogP contribution in [0.25, 0.3) is 0 Å². The van der Waals surface area contributed by atoms with Gasteiger partial charge >= 0.3 is 5.97 Å². The van der Waals surface area contributed by atoms with Crippen molar-refractivity contribution in [2.75, 3.05) is 13.2 Å². The van der Waals surface area contributed by atoms with E-state index in [1.54, 1.807) is 24.3 Å². The van der Waals surface area contributed by atoms with Gasteiger partial charge in [-0.2, -0.15) is 5.26 Å². The summed E-state index contributed by atoms with van der Waals surface area (Å²) < 4.78 is 22.7. The first-order chi connectivity index (χ1) is 18.0. The lowest BCUT2D eigenvalue weighted by molar-refractivity contribution is -0.136. The van der Waals surface area contributed by atoms with E-state index in [1.807, 2.05) is 49.4 Å². The second-order valence-electron chi connectivity index (χ2n) is 8.78. The fourth-order valence-corrected chi connectivity index (χ4v) is 4.18. The summed E-state index contributed by atoms with van der Waals surface area (Å²) in [5.41, 5.74) is 8.97. The van der Waals surface area contributed by atoms with Crippen molar-refractivity contribution in [1.29, 1.82) is 5.26 Å². The molecule has 0 saturated carbocycles. The average molecular weight is 499 g/mol. The Morgan fingerprint density at radius 2 is 1.86 bits per heavy atom. The predicted octanol–water partition coefficient (Wildman–Crippen LogP) is 5.77. The number of rotatable bonds is 10. The molecule has 3 aromatic carbocycles. The molecule has 1 atom stereocenters. The number of ether oxygens (including phenoxy) is 4. The number of esters is 1. The monoisotopic (exact) mass is 498 g/mol. The van der Waals surface area contributed by atoms with E-state index in [0.29, 0.717) is 23.7 Å². The molecule has 0 bridgehead atoms. The molecule has 1 heterocycles. The molecule has 37 heavy (non-hydrogen) atoms. The average Bonchev–Trinajstić information content (AvgIpc) is 2.90. The van der Waals surface area contributed by atoms with Crippen molar-refractivity contribution in [3.05, 3.63) is 94.9 Å². The molecule has 1 aliphatic rings. The number of carbonyl (C=O) groups is 1. The Morgan fingerprint density at radius 3 is 2.65 bits per heavy atom. The third kappa shape index (κ3) is 6.22. The topological polar surface area (TPSA) is 104 Å². The minimum atomic E-state index is -0.551. The van der Waals surface area contributed by atoms with Crippen LogP contribution in [0.4, 0.5) is 0 Å². The Morgan fingerprint density at radius 1 is 1.03 bits per heavy atom. The second kappa shape index (κ2) is 12.0. The van der Waals surface area contributed by atoms with Crippen molar-refractivity contribution in [2.45, 2.75) is 39.0 Å². The third-order valence-electron chi connectivity index (χ3n) is 6.07. The molecule has 1 aliphatic heterocycles. The zero-order valence-corrected chi connectivity index (χ0v) is 21.0. The first kappa shape index (κ1) is 25.6. The number of hydrogen-bond donors (Lipinski definition) is 1. The molecular formula is C30H30N2O5. The number of unbranched alkanes of at least 4 members (excludes halogenated alkanes) is 2. The highest BCUT2D eigenvalue weighted by Gasteiger charge is 2.31. The van der Waals surface area contributed by atoms with Gasteiger partial charge in [-0.3, -0.25) is 0 Å². The number of nitriles is 1. The summed E-state index contributed by atoms with van der Waals surface area (Å²) in [7, 11) is 0. The molecule has 0 radical (unpaired) electrons. The van der Waals surface area contributed by atoms with Gasteiger partial charge in [-0.15, -0.1) is 0 Å². The maximum atomic E-state index is 12.4. The van der Waals surface area contributed by atoms with E-state index in [9.17, 15) is 10.1 Å². The molecule has 3 aromatic rings. The predicted molar refractivity (Wildman–Crippen MR) is 140 cm³/mol. The van der Waals surface area contributed by atoms with E-state index < -0.39 is 11.9 Å². The molecule has 0 saturated heterocycles. The molecule has 4 rings (SSSR count). The summed E-state index contributed by atoms with van der Waals surface area (Å²) in [6.45, 7) is 4.44. The van der Waals surface area contributed by atoms with Crippen LogP contribution in [0.2, 0.25) is 0 Å². The summed E-state index contributed by atoms with van der Waals surface area (Å²) in [6.07, 6.45) is 3.21. The number of benzene rings is 3. The Labute approximate surface area is 217 Å². The van der Waals surface area contributed by atoms with Gasteiger partial charge in [0.2, 0.25) is 5.88 Å². The molecule has 0 spiro atoms. The fraction of sp³-hybridized carbons (Fsp3) is 0.267. The van der Waals surface area contributed by atoms with Gasteiger partial charge < -0.3 is 24.7 Å². The zero-order chi connectivity index (χ0) is 26.2. The fourth-order valence-electron chi connectivity index (χ4n) is 4.18. The van der Waals surface area contributed by atoms with Crippen molar-refractivity contribution in [3.8, 4) is 29.1 Å². The molecule has 7 nitrogen and oxygen atoms in total. The molecule has 7 heteroatoms. The number of fused-ring (bicyclic) bond motifs is 1. The van der Waals surface area contributed by atoms with E-state index in [4.69, 9.17) is 24.7 Å². The molecule has 0 aromatic heterocycles. The summed E-state index contributed by atoms with van der Waals surface area (Å²) >= 11 is 0. The Hall–Kier alpha value is -4.44. The van der Waals surface area contributed by atoms with Gasteiger partial charge in [-0.05, 0) is 48.7 Å². The van der Waals surface area contributed by atoms with Gasteiger partial charge in [0.25, 0.3) is 0 Å². The zero-order valence-electron chi connectivity index (χ0n) is 21.0. The van der Waals surface area contributed by atoms with Crippen LogP contribution in [-0.2, 0) is 4.79 Å². The minimum absolute atomic E-state index is 0.0145. The van der Waals surface area contributed by atoms with Crippen LogP contribution >= 0.6 is 0 Å². The van der Waals surface area contributed by atoms with Crippen LogP contribution in [0.5, 0.6) is 23.0 Å². The number of nitrogens with two attached hydrogens (primary N) is 1.